The molecule has 2 aromatic rings. The van der Waals surface area contributed by atoms with Crippen LogP contribution in [0.3, 0.4) is 0 Å². The summed E-state index contributed by atoms with van der Waals surface area (Å²) < 4.78 is 39.0. The summed E-state index contributed by atoms with van der Waals surface area (Å²) in [5, 5.41) is 13.6. The zero-order valence-electron chi connectivity index (χ0n) is 10.1. The third-order valence-electron chi connectivity index (χ3n) is 2.60. The van der Waals surface area contributed by atoms with Gasteiger partial charge in [0, 0.05) is 5.02 Å². The number of nitro groups is 1. The number of halogens is 5. The Morgan fingerprint density at radius 2 is 1.90 bits per heavy atom. The van der Waals surface area contributed by atoms with Crippen LogP contribution in [0, 0.1) is 10.1 Å². The first-order valence-electron chi connectivity index (χ1n) is 5.43. The van der Waals surface area contributed by atoms with E-state index in [4.69, 9.17) is 23.2 Å². The van der Waals surface area contributed by atoms with Crippen molar-refractivity contribution in [1.82, 2.24) is 9.78 Å². The van der Waals surface area contributed by atoms with Gasteiger partial charge < -0.3 is 0 Å². The van der Waals surface area contributed by atoms with E-state index in [-0.39, 0.29) is 6.54 Å². The lowest BCUT2D eigenvalue weighted by Crippen LogP contribution is -2.10. The van der Waals surface area contributed by atoms with Crippen LogP contribution in [0.1, 0.15) is 11.3 Å². The monoisotopic (exact) mass is 339 g/mol. The minimum absolute atomic E-state index is 0.213. The third-order valence-corrected chi connectivity index (χ3v) is 3.34. The maximum absolute atomic E-state index is 12.8. The van der Waals surface area contributed by atoms with Crippen LogP contribution in [0.5, 0.6) is 0 Å². The number of hydrogen-bond donors (Lipinski definition) is 0. The topological polar surface area (TPSA) is 61.0 Å². The van der Waals surface area contributed by atoms with Gasteiger partial charge in [-0.2, -0.15) is 18.3 Å². The number of aromatic nitrogens is 2. The quantitative estimate of drug-likeness (QED) is 0.622. The summed E-state index contributed by atoms with van der Waals surface area (Å²) in [6.45, 7) is -0.213. The lowest BCUT2D eigenvalue weighted by Gasteiger charge is -2.05. The fraction of sp³-hybridized carbons (Fsp3) is 0.182. The molecule has 0 N–H and O–H groups in total. The molecule has 0 unspecified atom stereocenters. The van der Waals surface area contributed by atoms with Crippen molar-refractivity contribution in [2.45, 2.75) is 12.7 Å². The van der Waals surface area contributed by atoms with Crippen LogP contribution in [0.25, 0.3) is 0 Å². The highest BCUT2D eigenvalue weighted by Gasteiger charge is 2.45. The predicted octanol–water partition coefficient (Wildman–Crippen LogP) is 4.17. The standard InChI is InChI=1S/C11H6Cl2F3N3O2/c12-7-4-2-1-3-6(7)5-18-10(13)8(19(20)21)9(17-18)11(14,15)16/h1-4H,5H2. The number of alkyl halides is 3. The molecule has 1 aromatic heterocycles. The fourth-order valence-electron chi connectivity index (χ4n) is 1.68. The minimum atomic E-state index is -4.97. The molecule has 0 aliphatic rings. The first kappa shape index (κ1) is 15.6. The Kier molecular flexibility index (Phi) is 4.11. The largest absolute Gasteiger partial charge is 0.442 e. The van der Waals surface area contributed by atoms with Gasteiger partial charge >= 0.3 is 11.9 Å². The molecule has 0 spiro atoms. The van der Waals surface area contributed by atoms with E-state index in [0.717, 1.165) is 0 Å². The SMILES string of the molecule is O=[N+]([O-])c1c(C(F)(F)F)nn(Cc2ccccc2Cl)c1Cl. The summed E-state index contributed by atoms with van der Waals surface area (Å²) in [5.41, 5.74) is -2.46. The Bertz CT molecular complexity index is 701. The smallest absolute Gasteiger partial charge is 0.258 e. The first-order valence-corrected chi connectivity index (χ1v) is 6.18. The highest BCUT2D eigenvalue weighted by atomic mass is 35.5. The molecule has 1 aromatic carbocycles. The second-order valence-electron chi connectivity index (χ2n) is 3.99. The molecule has 0 radical (unpaired) electrons. The molecule has 0 saturated heterocycles. The molecule has 0 fully saturated rings. The highest BCUT2D eigenvalue weighted by molar-refractivity contribution is 6.32. The zero-order chi connectivity index (χ0) is 15.8. The second-order valence-corrected chi connectivity index (χ2v) is 4.76. The molecule has 0 amide bonds. The van der Waals surface area contributed by atoms with Gasteiger partial charge in [-0.15, -0.1) is 0 Å². The van der Waals surface area contributed by atoms with Gasteiger partial charge in [0.2, 0.25) is 10.8 Å². The third kappa shape index (κ3) is 3.11. The first-order chi connectivity index (χ1) is 9.71. The fourth-order valence-corrected chi connectivity index (χ4v) is 2.13. The van der Waals surface area contributed by atoms with Gasteiger partial charge in [-0.05, 0) is 11.6 Å². The van der Waals surface area contributed by atoms with Crippen molar-refractivity contribution in [2.24, 2.45) is 0 Å². The summed E-state index contributed by atoms with van der Waals surface area (Å²) in [6.07, 6.45) is -4.97. The second kappa shape index (κ2) is 5.53. The van der Waals surface area contributed by atoms with E-state index in [1.54, 1.807) is 18.2 Å². The number of nitrogens with zero attached hydrogens (tertiary/aromatic N) is 3. The molecular formula is C11H6Cl2F3N3O2. The molecule has 10 heteroatoms. The van der Waals surface area contributed by atoms with Crippen LogP contribution in [-0.2, 0) is 12.7 Å². The summed E-state index contributed by atoms with van der Waals surface area (Å²) in [7, 11) is 0. The van der Waals surface area contributed by atoms with Gasteiger partial charge in [-0.25, -0.2) is 4.68 Å². The summed E-state index contributed by atoms with van der Waals surface area (Å²) in [4.78, 5) is 9.56. The van der Waals surface area contributed by atoms with Crippen LogP contribution in [0.2, 0.25) is 10.2 Å². The lowest BCUT2D eigenvalue weighted by molar-refractivity contribution is -0.388. The van der Waals surface area contributed by atoms with Crippen LogP contribution >= 0.6 is 23.2 Å². The molecule has 1 heterocycles. The zero-order valence-corrected chi connectivity index (χ0v) is 11.6. The average Bonchev–Trinajstić information content (AvgIpc) is 2.70. The molecule has 0 aliphatic carbocycles. The molecule has 0 bridgehead atoms. The maximum Gasteiger partial charge on any atom is 0.442 e. The van der Waals surface area contributed by atoms with Gasteiger partial charge in [-0.3, -0.25) is 10.1 Å². The Labute approximate surface area is 126 Å². The van der Waals surface area contributed by atoms with Crippen molar-refractivity contribution in [3.05, 3.63) is 55.8 Å². The normalized spacial score (nSPS) is 11.7. The van der Waals surface area contributed by atoms with Gasteiger partial charge in [0.15, 0.2) is 0 Å². The van der Waals surface area contributed by atoms with Crippen molar-refractivity contribution < 1.29 is 18.1 Å². The Morgan fingerprint density at radius 1 is 1.29 bits per heavy atom. The Hall–Kier alpha value is -1.80. The maximum atomic E-state index is 12.8. The van der Waals surface area contributed by atoms with Gasteiger partial charge in [0.05, 0.1) is 11.5 Å². The number of hydrogen-bond acceptors (Lipinski definition) is 3. The van der Waals surface area contributed by atoms with E-state index in [1.807, 2.05) is 0 Å². The van der Waals surface area contributed by atoms with Crippen molar-refractivity contribution in [1.29, 1.82) is 0 Å². The van der Waals surface area contributed by atoms with Crippen LogP contribution in [0.4, 0.5) is 18.9 Å². The van der Waals surface area contributed by atoms with Crippen molar-refractivity contribution >= 4 is 28.9 Å². The van der Waals surface area contributed by atoms with Crippen LogP contribution < -0.4 is 0 Å². The number of benzene rings is 1. The Balaban J connectivity index is 2.51. The molecule has 0 saturated carbocycles. The average molecular weight is 340 g/mol. The van der Waals surface area contributed by atoms with Crippen LogP contribution in [0.15, 0.2) is 24.3 Å². The van der Waals surface area contributed by atoms with Gasteiger partial charge in [0.25, 0.3) is 0 Å². The molecule has 21 heavy (non-hydrogen) atoms. The van der Waals surface area contributed by atoms with Gasteiger partial charge in [-0.1, -0.05) is 41.4 Å². The lowest BCUT2D eigenvalue weighted by atomic mass is 10.2. The van der Waals surface area contributed by atoms with E-state index in [2.05, 4.69) is 5.10 Å². The van der Waals surface area contributed by atoms with Crippen molar-refractivity contribution in [3.8, 4) is 0 Å². The molecule has 0 aliphatic heterocycles. The molecule has 5 nitrogen and oxygen atoms in total. The van der Waals surface area contributed by atoms with E-state index >= 15 is 0 Å². The van der Waals surface area contributed by atoms with Crippen molar-refractivity contribution in [2.75, 3.05) is 0 Å². The molecule has 2 rings (SSSR count). The van der Waals surface area contributed by atoms with Crippen LogP contribution in [-0.4, -0.2) is 14.7 Å². The number of rotatable bonds is 3. The van der Waals surface area contributed by atoms with E-state index in [9.17, 15) is 23.3 Å². The summed E-state index contributed by atoms with van der Waals surface area (Å²) in [6, 6.07) is 6.35. The molecule has 112 valence electrons. The highest BCUT2D eigenvalue weighted by Crippen LogP contribution is 2.39. The van der Waals surface area contributed by atoms with E-state index in [0.29, 0.717) is 15.3 Å². The van der Waals surface area contributed by atoms with E-state index in [1.165, 1.54) is 6.07 Å². The molecular weight excluding hydrogens is 334 g/mol. The predicted molar refractivity (Wildman–Crippen MR) is 69.4 cm³/mol. The summed E-state index contributed by atoms with van der Waals surface area (Å²) >= 11 is 11.5. The molecule has 0 atom stereocenters. The van der Waals surface area contributed by atoms with E-state index < -0.39 is 27.6 Å². The minimum Gasteiger partial charge on any atom is -0.258 e. The van der Waals surface area contributed by atoms with Gasteiger partial charge in [0.1, 0.15) is 0 Å². The van der Waals surface area contributed by atoms with Crippen molar-refractivity contribution in [3.63, 3.8) is 0 Å². The Morgan fingerprint density at radius 3 is 2.38 bits per heavy atom. The summed E-state index contributed by atoms with van der Waals surface area (Å²) in [5.74, 6) is 0.